The lowest BCUT2D eigenvalue weighted by molar-refractivity contribution is 0.469. The molecule has 0 amide bonds. The summed E-state index contributed by atoms with van der Waals surface area (Å²) < 4.78 is 0. The molecule has 0 saturated carbocycles. The van der Waals surface area contributed by atoms with Crippen molar-refractivity contribution in [3.63, 3.8) is 0 Å². The molecule has 1 aromatic carbocycles. The number of thioether (sulfide) groups is 1. The van der Waals surface area contributed by atoms with E-state index in [0.717, 1.165) is 17.2 Å². The molecule has 1 aliphatic heterocycles. The maximum absolute atomic E-state index is 9.59. The lowest BCUT2D eigenvalue weighted by Gasteiger charge is -2.23. The Kier molecular flexibility index (Phi) is 2.73. The lowest BCUT2D eigenvalue weighted by atomic mass is 10.0. The van der Waals surface area contributed by atoms with Gasteiger partial charge in [-0.25, -0.2) is 0 Å². The zero-order chi connectivity index (χ0) is 10.1. The van der Waals surface area contributed by atoms with Crippen molar-refractivity contribution in [2.45, 2.75) is 43.3 Å². The topological polar surface area (TPSA) is 20.2 Å². The average molecular weight is 208 g/mol. The van der Waals surface area contributed by atoms with Crippen LogP contribution in [0.5, 0.6) is 5.75 Å². The predicted octanol–water partition coefficient (Wildman–Crippen LogP) is 3.52. The molecular weight excluding hydrogens is 192 g/mol. The summed E-state index contributed by atoms with van der Waals surface area (Å²) in [6, 6.07) is 4.06. The molecule has 14 heavy (non-hydrogen) atoms. The van der Waals surface area contributed by atoms with E-state index in [4.69, 9.17) is 0 Å². The van der Waals surface area contributed by atoms with Gasteiger partial charge in [-0.15, -0.1) is 11.8 Å². The number of hydrogen-bond donors (Lipinski definition) is 1. The number of benzene rings is 1. The normalized spacial score (nSPS) is 20.6. The number of phenols is 1. The Balaban J connectivity index is 2.33. The Labute approximate surface area is 89.5 Å². The standard InChI is InChI=1S/C12H16OS/c1-3-10-5-4-9-7-11(13)8(2)6-12(9)14-10/h6-7,10,13H,3-5H2,1-2H3. The van der Waals surface area contributed by atoms with Crippen LogP contribution in [0.4, 0.5) is 0 Å². The first-order chi connectivity index (χ1) is 6.70. The molecule has 0 bridgehead atoms. The van der Waals surface area contributed by atoms with Crippen molar-refractivity contribution in [1.29, 1.82) is 0 Å². The molecule has 2 heteroatoms. The fourth-order valence-electron chi connectivity index (χ4n) is 1.86. The van der Waals surface area contributed by atoms with Gasteiger partial charge in [0.1, 0.15) is 5.75 Å². The monoisotopic (exact) mass is 208 g/mol. The Morgan fingerprint density at radius 3 is 3.00 bits per heavy atom. The summed E-state index contributed by atoms with van der Waals surface area (Å²) in [5.41, 5.74) is 2.32. The van der Waals surface area contributed by atoms with E-state index < -0.39 is 0 Å². The molecule has 1 aliphatic rings. The molecule has 0 radical (unpaired) electrons. The van der Waals surface area contributed by atoms with Crippen LogP contribution >= 0.6 is 11.8 Å². The van der Waals surface area contributed by atoms with Gasteiger partial charge in [0.2, 0.25) is 0 Å². The Bertz CT molecular complexity index is 346. The summed E-state index contributed by atoms with van der Waals surface area (Å²) in [6.45, 7) is 4.21. The third-order valence-electron chi connectivity index (χ3n) is 2.86. The van der Waals surface area contributed by atoms with Gasteiger partial charge in [-0.2, -0.15) is 0 Å². The van der Waals surface area contributed by atoms with Gasteiger partial charge >= 0.3 is 0 Å². The minimum atomic E-state index is 0.444. The molecule has 0 aromatic heterocycles. The second kappa shape index (κ2) is 3.85. The molecule has 1 N–H and O–H groups in total. The first-order valence-corrected chi connectivity index (χ1v) is 6.07. The van der Waals surface area contributed by atoms with Crippen molar-refractivity contribution in [1.82, 2.24) is 0 Å². The van der Waals surface area contributed by atoms with E-state index in [1.54, 1.807) is 0 Å². The van der Waals surface area contributed by atoms with Crippen LogP contribution in [0.25, 0.3) is 0 Å². The first kappa shape index (κ1) is 9.91. The van der Waals surface area contributed by atoms with Crippen LogP contribution in [-0.4, -0.2) is 10.4 Å². The van der Waals surface area contributed by atoms with Crippen LogP contribution in [0, 0.1) is 6.92 Å². The van der Waals surface area contributed by atoms with Crippen molar-refractivity contribution >= 4 is 11.8 Å². The second-order valence-corrected chi connectivity index (χ2v) is 5.28. The Morgan fingerprint density at radius 2 is 2.29 bits per heavy atom. The van der Waals surface area contributed by atoms with Gasteiger partial charge in [-0.3, -0.25) is 0 Å². The van der Waals surface area contributed by atoms with Crippen molar-refractivity contribution in [3.05, 3.63) is 23.3 Å². The highest BCUT2D eigenvalue weighted by molar-refractivity contribution is 8.00. The summed E-state index contributed by atoms with van der Waals surface area (Å²) in [5, 5.41) is 10.4. The molecule has 1 nitrogen and oxygen atoms in total. The highest BCUT2D eigenvalue weighted by Crippen LogP contribution is 2.39. The van der Waals surface area contributed by atoms with Crippen molar-refractivity contribution in [2.24, 2.45) is 0 Å². The number of fused-ring (bicyclic) bond motifs is 1. The minimum Gasteiger partial charge on any atom is -0.508 e. The number of hydrogen-bond acceptors (Lipinski definition) is 2. The quantitative estimate of drug-likeness (QED) is 0.762. The highest BCUT2D eigenvalue weighted by Gasteiger charge is 2.18. The summed E-state index contributed by atoms with van der Waals surface area (Å²) in [7, 11) is 0. The predicted molar refractivity (Wildman–Crippen MR) is 61.1 cm³/mol. The molecule has 0 fully saturated rings. The fraction of sp³-hybridized carbons (Fsp3) is 0.500. The van der Waals surface area contributed by atoms with Crippen LogP contribution in [0.2, 0.25) is 0 Å². The van der Waals surface area contributed by atoms with E-state index in [1.807, 2.05) is 24.8 Å². The van der Waals surface area contributed by atoms with E-state index in [1.165, 1.54) is 23.3 Å². The van der Waals surface area contributed by atoms with Crippen LogP contribution in [0.3, 0.4) is 0 Å². The second-order valence-electron chi connectivity index (χ2n) is 3.93. The number of aryl methyl sites for hydroxylation is 2. The third kappa shape index (κ3) is 1.76. The molecule has 0 saturated heterocycles. The van der Waals surface area contributed by atoms with Crippen LogP contribution < -0.4 is 0 Å². The summed E-state index contributed by atoms with van der Waals surface area (Å²) >= 11 is 1.97. The first-order valence-electron chi connectivity index (χ1n) is 5.20. The Morgan fingerprint density at radius 1 is 1.50 bits per heavy atom. The van der Waals surface area contributed by atoms with E-state index in [-0.39, 0.29) is 0 Å². The number of rotatable bonds is 1. The van der Waals surface area contributed by atoms with Gasteiger partial charge in [0, 0.05) is 10.1 Å². The third-order valence-corrected chi connectivity index (χ3v) is 4.40. The molecule has 1 heterocycles. The van der Waals surface area contributed by atoms with E-state index in [9.17, 15) is 5.11 Å². The molecule has 1 aromatic rings. The maximum Gasteiger partial charge on any atom is 0.118 e. The van der Waals surface area contributed by atoms with Crippen molar-refractivity contribution in [2.75, 3.05) is 0 Å². The largest absolute Gasteiger partial charge is 0.508 e. The molecule has 76 valence electrons. The van der Waals surface area contributed by atoms with Gasteiger partial charge in [0.15, 0.2) is 0 Å². The molecule has 0 aliphatic carbocycles. The van der Waals surface area contributed by atoms with E-state index in [2.05, 4.69) is 13.0 Å². The van der Waals surface area contributed by atoms with Crippen molar-refractivity contribution in [3.8, 4) is 5.75 Å². The van der Waals surface area contributed by atoms with Crippen LogP contribution in [0.1, 0.15) is 30.9 Å². The molecule has 2 rings (SSSR count). The van der Waals surface area contributed by atoms with Gasteiger partial charge in [-0.05, 0) is 49.4 Å². The minimum absolute atomic E-state index is 0.444. The Hall–Kier alpha value is -0.630. The smallest absolute Gasteiger partial charge is 0.118 e. The molecular formula is C12H16OS. The molecule has 1 unspecified atom stereocenters. The van der Waals surface area contributed by atoms with Crippen molar-refractivity contribution < 1.29 is 5.11 Å². The van der Waals surface area contributed by atoms with Gasteiger partial charge in [0.25, 0.3) is 0 Å². The number of aromatic hydroxyl groups is 1. The molecule has 1 atom stereocenters. The fourth-order valence-corrected chi connectivity index (χ4v) is 3.18. The zero-order valence-corrected chi connectivity index (χ0v) is 9.53. The van der Waals surface area contributed by atoms with E-state index >= 15 is 0 Å². The highest BCUT2D eigenvalue weighted by atomic mass is 32.2. The SMILES string of the molecule is CCC1CCc2cc(O)c(C)cc2S1. The summed E-state index contributed by atoms with van der Waals surface area (Å²) in [4.78, 5) is 1.37. The average Bonchev–Trinajstić information content (AvgIpc) is 2.19. The van der Waals surface area contributed by atoms with Crippen LogP contribution in [-0.2, 0) is 6.42 Å². The van der Waals surface area contributed by atoms with Gasteiger partial charge in [0.05, 0.1) is 0 Å². The van der Waals surface area contributed by atoms with Gasteiger partial charge in [-0.1, -0.05) is 6.92 Å². The zero-order valence-electron chi connectivity index (χ0n) is 8.71. The lowest BCUT2D eigenvalue weighted by Crippen LogP contribution is -2.09. The van der Waals surface area contributed by atoms with E-state index in [0.29, 0.717) is 5.75 Å². The number of phenolic OH excluding ortho intramolecular Hbond substituents is 1. The maximum atomic E-state index is 9.59. The summed E-state index contributed by atoms with van der Waals surface area (Å²) in [5.74, 6) is 0.444. The van der Waals surface area contributed by atoms with Crippen LogP contribution in [0.15, 0.2) is 17.0 Å². The van der Waals surface area contributed by atoms with Gasteiger partial charge < -0.3 is 5.11 Å². The molecule has 0 spiro atoms. The summed E-state index contributed by atoms with van der Waals surface area (Å²) in [6.07, 6.45) is 3.61.